The summed E-state index contributed by atoms with van der Waals surface area (Å²) < 4.78 is 16.0. The quantitative estimate of drug-likeness (QED) is 0.571. The first-order valence-electron chi connectivity index (χ1n) is 6.14. The van der Waals surface area contributed by atoms with Crippen LogP contribution in [-0.4, -0.2) is 30.7 Å². The van der Waals surface area contributed by atoms with Gasteiger partial charge in [0.1, 0.15) is 18.1 Å². The summed E-state index contributed by atoms with van der Waals surface area (Å²) in [6.45, 7) is 5.83. The standard InChI is InChI=1S/C14H19ClO4/c1-4-17-13(16)14(2,3)19-12-7-5-6-11(10-12)18-9-8-15/h5-7,10H,4,8-9H2,1-3H3. The summed E-state index contributed by atoms with van der Waals surface area (Å²) in [5, 5.41) is 0. The SMILES string of the molecule is CCOC(=O)C(C)(C)Oc1cccc(OCCCl)c1. The molecule has 0 aliphatic rings. The van der Waals surface area contributed by atoms with E-state index in [0.29, 0.717) is 30.6 Å². The molecule has 0 spiro atoms. The normalized spacial score (nSPS) is 10.9. The summed E-state index contributed by atoms with van der Waals surface area (Å²) in [6.07, 6.45) is 0. The minimum Gasteiger partial charge on any atom is -0.492 e. The second kappa shape index (κ2) is 7.24. The van der Waals surface area contributed by atoms with Crippen LogP contribution in [0.1, 0.15) is 20.8 Å². The smallest absolute Gasteiger partial charge is 0.349 e. The zero-order valence-electron chi connectivity index (χ0n) is 11.4. The van der Waals surface area contributed by atoms with Crippen molar-refractivity contribution in [1.29, 1.82) is 0 Å². The van der Waals surface area contributed by atoms with Crippen molar-refractivity contribution in [2.45, 2.75) is 26.4 Å². The van der Waals surface area contributed by atoms with Gasteiger partial charge in [0.05, 0.1) is 12.5 Å². The predicted octanol–water partition coefficient (Wildman–Crippen LogP) is 3.02. The molecule has 0 bridgehead atoms. The highest BCUT2D eigenvalue weighted by Crippen LogP contribution is 2.24. The maximum absolute atomic E-state index is 11.7. The highest BCUT2D eigenvalue weighted by atomic mass is 35.5. The van der Waals surface area contributed by atoms with Crippen LogP contribution >= 0.6 is 11.6 Å². The Morgan fingerprint density at radius 2 is 2.00 bits per heavy atom. The molecule has 1 aromatic rings. The molecule has 0 unspecified atom stereocenters. The summed E-state index contributed by atoms with van der Waals surface area (Å²) in [7, 11) is 0. The minimum atomic E-state index is -1.04. The number of carbonyl (C=O) groups is 1. The van der Waals surface area contributed by atoms with E-state index in [1.807, 2.05) is 0 Å². The third-order valence-corrected chi connectivity index (χ3v) is 2.45. The molecule has 0 radical (unpaired) electrons. The minimum absolute atomic E-state index is 0.324. The van der Waals surface area contributed by atoms with Crippen LogP contribution < -0.4 is 9.47 Å². The second-order valence-corrected chi connectivity index (χ2v) is 4.72. The third kappa shape index (κ3) is 4.99. The predicted molar refractivity (Wildman–Crippen MR) is 74.0 cm³/mol. The van der Waals surface area contributed by atoms with Crippen LogP contribution in [0, 0.1) is 0 Å². The van der Waals surface area contributed by atoms with E-state index in [1.54, 1.807) is 45.0 Å². The average molecular weight is 287 g/mol. The Balaban J connectivity index is 2.72. The van der Waals surface area contributed by atoms with Crippen LogP contribution in [0.25, 0.3) is 0 Å². The zero-order chi connectivity index (χ0) is 14.3. The van der Waals surface area contributed by atoms with Crippen molar-refractivity contribution >= 4 is 17.6 Å². The molecular weight excluding hydrogens is 268 g/mol. The van der Waals surface area contributed by atoms with Gasteiger partial charge in [-0.1, -0.05) is 6.07 Å². The van der Waals surface area contributed by atoms with Gasteiger partial charge >= 0.3 is 5.97 Å². The van der Waals surface area contributed by atoms with E-state index in [-0.39, 0.29) is 0 Å². The number of hydrogen-bond donors (Lipinski definition) is 0. The maximum atomic E-state index is 11.7. The van der Waals surface area contributed by atoms with Crippen molar-refractivity contribution in [1.82, 2.24) is 0 Å². The zero-order valence-corrected chi connectivity index (χ0v) is 12.2. The second-order valence-electron chi connectivity index (χ2n) is 4.35. The van der Waals surface area contributed by atoms with Gasteiger partial charge < -0.3 is 14.2 Å². The summed E-state index contributed by atoms with van der Waals surface area (Å²) in [6, 6.07) is 7.07. The van der Waals surface area contributed by atoms with Gasteiger partial charge in [-0.05, 0) is 32.9 Å². The highest BCUT2D eigenvalue weighted by Gasteiger charge is 2.31. The summed E-state index contributed by atoms with van der Waals surface area (Å²) in [5.41, 5.74) is -1.04. The van der Waals surface area contributed by atoms with Gasteiger partial charge in [-0.3, -0.25) is 0 Å². The van der Waals surface area contributed by atoms with Gasteiger partial charge in [0.15, 0.2) is 5.60 Å². The number of carbonyl (C=O) groups excluding carboxylic acids is 1. The average Bonchev–Trinajstić information content (AvgIpc) is 2.36. The number of halogens is 1. The lowest BCUT2D eigenvalue weighted by Crippen LogP contribution is -2.39. The van der Waals surface area contributed by atoms with Gasteiger partial charge in [-0.25, -0.2) is 4.79 Å². The molecular formula is C14H19ClO4. The molecule has 0 saturated heterocycles. The molecule has 0 heterocycles. The van der Waals surface area contributed by atoms with Crippen molar-refractivity contribution in [3.05, 3.63) is 24.3 Å². The fraction of sp³-hybridized carbons (Fsp3) is 0.500. The monoisotopic (exact) mass is 286 g/mol. The highest BCUT2D eigenvalue weighted by molar-refractivity contribution is 6.18. The first-order valence-corrected chi connectivity index (χ1v) is 6.68. The van der Waals surface area contributed by atoms with Gasteiger partial charge in [0, 0.05) is 6.07 Å². The number of hydrogen-bond acceptors (Lipinski definition) is 4. The summed E-state index contributed by atoms with van der Waals surface area (Å²) >= 11 is 5.56. The van der Waals surface area contributed by atoms with Crippen LogP contribution in [0.3, 0.4) is 0 Å². The number of ether oxygens (including phenoxy) is 3. The van der Waals surface area contributed by atoms with Gasteiger partial charge in [0.25, 0.3) is 0 Å². The Hall–Kier alpha value is -1.42. The fourth-order valence-electron chi connectivity index (χ4n) is 1.43. The molecule has 0 aliphatic carbocycles. The van der Waals surface area contributed by atoms with E-state index in [9.17, 15) is 4.79 Å². The molecule has 1 rings (SSSR count). The molecule has 0 fully saturated rings. The third-order valence-electron chi connectivity index (χ3n) is 2.29. The molecule has 4 nitrogen and oxygen atoms in total. The van der Waals surface area contributed by atoms with Crippen molar-refractivity contribution in [3.63, 3.8) is 0 Å². The number of benzene rings is 1. The molecule has 0 saturated carbocycles. The first-order chi connectivity index (χ1) is 8.99. The molecule has 19 heavy (non-hydrogen) atoms. The van der Waals surface area contributed by atoms with Crippen LogP contribution in [-0.2, 0) is 9.53 Å². The Bertz CT molecular complexity index is 418. The Morgan fingerprint density at radius 1 is 1.32 bits per heavy atom. The van der Waals surface area contributed by atoms with E-state index < -0.39 is 11.6 Å². The molecule has 5 heteroatoms. The first kappa shape index (κ1) is 15.6. The topological polar surface area (TPSA) is 44.8 Å². The Labute approximate surface area is 118 Å². The Morgan fingerprint density at radius 3 is 2.63 bits per heavy atom. The van der Waals surface area contributed by atoms with Gasteiger partial charge in [-0.2, -0.15) is 0 Å². The van der Waals surface area contributed by atoms with Crippen molar-refractivity contribution in [2.24, 2.45) is 0 Å². The van der Waals surface area contributed by atoms with Gasteiger partial charge in [-0.15, -0.1) is 11.6 Å². The molecule has 0 aromatic heterocycles. The lowest BCUT2D eigenvalue weighted by molar-refractivity contribution is -0.158. The lowest BCUT2D eigenvalue weighted by Gasteiger charge is -2.24. The molecule has 0 N–H and O–H groups in total. The van der Waals surface area contributed by atoms with E-state index >= 15 is 0 Å². The summed E-state index contributed by atoms with van der Waals surface area (Å²) in [4.78, 5) is 11.7. The number of rotatable bonds is 7. The van der Waals surface area contributed by atoms with E-state index in [0.717, 1.165) is 0 Å². The molecule has 0 amide bonds. The molecule has 0 aliphatic heterocycles. The number of alkyl halides is 1. The van der Waals surface area contributed by atoms with Crippen molar-refractivity contribution in [3.8, 4) is 11.5 Å². The lowest BCUT2D eigenvalue weighted by atomic mass is 10.1. The van der Waals surface area contributed by atoms with E-state index in [1.165, 1.54) is 0 Å². The summed E-state index contributed by atoms with van der Waals surface area (Å²) in [5.74, 6) is 1.21. The molecule has 0 atom stereocenters. The molecule has 106 valence electrons. The number of esters is 1. The van der Waals surface area contributed by atoms with Crippen molar-refractivity contribution < 1.29 is 19.0 Å². The van der Waals surface area contributed by atoms with Gasteiger partial charge in [0.2, 0.25) is 0 Å². The van der Waals surface area contributed by atoms with Crippen LogP contribution in [0.15, 0.2) is 24.3 Å². The van der Waals surface area contributed by atoms with Crippen molar-refractivity contribution in [2.75, 3.05) is 19.1 Å². The van der Waals surface area contributed by atoms with Crippen LogP contribution in [0.2, 0.25) is 0 Å². The fourth-order valence-corrected chi connectivity index (χ4v) is 1.50. The maximum Gasteiger partial charge on any atom is 0.349 e. The van der Waals surface area contributed by atoms with Crippen LogP contribution in [0.5, 0.6) is 11.5 Å². The largest absolute Gasteiger partial charge is 0.492 e. The Kier molecular flexibility index (Phi) is 5.96. The van der Waals surface area contributed by atoms with Crippen LogP contribution in [0.4, 0.5) is 0 Å². The van der Waals surface area contributed by atoms with E-state index in [4.69, 9.17) is 25.8 Å². The molecule has 1 aromatic carbocycles. The van der Waals surface area contributed by atoms with E-state index in [2.05, 4.69) is 0 Å².